The van der Waals surface area contributed by atoms with E-state index in [4.69, 9.17) is 5.26 Å². The summed E-state index contributed by atoms with van der Waals surface area (Å²) >= 11 is 0. The molecule has 1 aromatic rings. The molecule has 0 aliphatic carbocycles. The Morgan fingerprint density at radius 3 is 2.46 bits per heavy atom. The first-order valence-corrected chi connectivity index (χ1v) is 3.65. The molecule has 0 heterocycles. The van der Waals surface area contributed by atoms with Gasteiger partial charge in [0.25, 0.3) is 0 Å². The highest BCUT2D eigenvalue weighted by Gasteiger charge is 2.16. The number of nitrogens with zero attached hydrogens (tertiary/aromatic N) is 1. The molecule has 0 saturated carbocycles. The van der Waals surface area contributed by atoms with Gasteiger partial charge >= 0.3 is 7.12 Å². The van der Waals surface area contributed by atoms with E-state index in [9.17, 15) is 5.02 Å². The van der Waals surface area contributed by atoms with E-state index < -0.39 is 7.12 Å². The topological polar surface area (TPSA) is 62.5 Å². The predicted molar refractivity (Wildman–Crippen MR) is 46.9 cm³/mol. The van der Waals surface area contributed by atoms with Crippen molar-refractivity contribution in [1.82, 2.24) is 0 Å². The van der Waals surface area contributed by atoms with Crippen LogP contribution in [0.5, 0.6) is 0 Å². The van der Waals surface area contributed by atoms with Crippen molar-refractivity contribution in [2.45, 2.75) is 0 Å². The quantitative estimate of drug-likeness (QED) is 0.395. The average Bonchev–Trinajstić information content (AvgIpc) is 2.18. The Kier molecular flexibility index (Phi) is 3.47. The molecule has 0 amide bonds. The summed E-state index contributed by atoms with van der Waals surface area (Å²) in [6.45, 7) is 0. The molecule has 66 valence electrons. The van der Waals surface area contributed by atoms with E-state index in [1.54, 1.807) is 24.3 Å². The van der Waals surface area contributed by atoms with Crippen LogP contribution in [0.25, 0.3) is 0 Å². The summed E-state index contributed by atoms with van der Waals surface area (Å²) in [4.78, 5) is 8.77. The zero-order valence-corrected chi connectivity index (χ0v) is 7.10. The summed E-state index contributed by atoms with van der Waals surface area (Å²) in [6, 6.07) is 8.36. The molecule has 0 atom stereocenters. The first-order valence-electron chi connectivity index (χ1n) is 3.65. The van der Waals surface area contributed by atoms with Crippen molar-refractivity contribution in [3.8, 4) is 6.07 Å². The summed E-state index contributed by atoms with van der Waals surface area (Å²) in [5, 5.41) is 17.8. The Bertz CT molecular complexity index is 306. The van der Waals surface area contributed by atoms with Gasteiger partial charge in [0.1, 0.15) is 0 Å². The number of hydrogen-bond acceptors (Lipinski definition) is 4. The fourth-order valence-electron chi connectivity index (χ4n) is 0.869. The molecule has 0 fully saturated rings. The van der Waals surface area contributed by atoms with Crippen LogP contribution < -0.4 is 5.46 Å². The summed E-state index contributed by atoms with van der Waals surface area (Å²) in [7, 11) is 0.199. The molecule has 0 aromatic heterocycles. The summed E-state index contributed by atoms with van der Waals surface area (Å²) in [5.74, 6) is 0. The third-order valence-corrected chi connectivity index (χ3v) is 1.51. The van der Waals surface area contributed by atoms with E-state index in [-0.39, 0.29) is 0 Å². The second kappa shape index (κ2) is 4.62. The molecule has 0 unspecified atom stereocenters. The van der Waals surface area contributed by atoms with Crippen molar-refractivity contribution in [3.05, 3.63) is 29.8 Å². The molecule has 0 spiro atoms. The van der Waals surface area contributed by atoms with Gasteiger partial charge in [0.15, 0.2) is 0 Å². The van der Waals surface area contributed by atoms with Crippen LogP contribution in [0.15, 0.2) is 24.3 Å². The Morgan fingerprint density at radius 2 is 2.00 bits per heavy atom. The van der Waals surface area contributed by atoms with Gasteiger partial charge in [0.05, 0.1) is 18.7 Å². The first kappa shape index (κ1) is 9.74. The van der Waals surface area contributed by atoms with Gasteiger partial charge in [-0.15, -0.1) is 0 Å². The lowest BCUT2D eigenvalue weighted by Gasteiger charge is -2.03. The minimum Gasteiger partial charge on any atom is -0.422 e. The standard InChI is InChI=1S/C8H8BNO3/c1-12-13-9(11)8-4-2-7(6-10)3-5-8/h2-5,11H,1H3. The lowest BCUT2D eigenvalue weighted by molar-refractivity contribution is -0.193. The van der Waals surface area contributed by atoms with Gasteiger partial charge in [-0.2, -0.15) is 5.26 Å². The summed E-state index contributed by atoms with van der Waals surface area (Å²) < 4.78 is 0. The van der Waals surface area contributed by atoms with Gasteiger partial charge in [0, 0.05) is 0 Å². The van der Waals surface area contributed by atoms with Crippen molar-refractivity contribution >= 4 is 12.6 Å². The zero-order chi connectivity index (χ0) is 9.68. The molecule has 0 saturated heterocycles. The predicted octanol–water partition coefficient (Wildman–Crippen LogP) is -0.176. The maximum absolute atomic E-state index is 9.25. The lowest BCUT2D eigenvalue weighted by atomic mass is 9.80. The number of rotatable bonds is 3. The fourth-order valence-corrected chi connectivity index (χ4v) is 0.869. The van der Waals surface area contributed by atoms with Crippen LogP contribution in [0.3, 0.4) is 0 Å². The van der Waals surface area contributed by atoms with Crippen molar-refractivity contribution in [2.24, 2.45) is 0 Å². The Morgan fingerprint density at radius 1 is 1.38 bits per heavy atom. The van der Waals surface area contributed by atoms with Gasteiger partial charge in [-0.3, -0.25) is 9.69 Å². The normalized spacial score (nSPS) is 9.31. The molecular weight excluding hydrogens is 169 g/mol. The fraction of sp³-hybridized carbons (Fsp3) is 0.125. The second-order valence-electron chi connectivity index (χ2n) is 2.35. The maximum atomic E-state index is 9.25. The molecule has 13 heavy (non-hydrogen) atoms. The molecule has 0 aliphatic heterocycles. The number of nitriles is 1. The lowest BCUT2D eigenvalue weighted by Crippen LogP contribution is -2.33. The Labute approximate surface area is 76.4 Å². The third kappa shape index (κ3) is 2.56. The van der Waals surface area contributed by atoms with E-state index >= 15 is 0 Å². The largest absolute Gasteiger partial charge is 0.522 e. The number of benzene rings is 1. The van der Waals surface area contributed by atoms with Crippen molar-refractivity contribution in [3.63, 3.8) is 0 Å². The van der Waals surface area contributed by atoms with Crippen LogP contribution >= 0.6 is 0 Å². The van der Waals surface area contributed by atoms with E-state index in [1.165, 1.54) is 7.11 Å². The van der Waals surface area contributed by atoms with E-state index in [0.717, 1.165) is 0 Å². The van der Waals surface area contributed by atoms with Crippen molar-refractivity contribution in [1.29, 1.82) is 5.26 Å². The van der Waals surface area contributed by atoms with Crippen LogP contribution in [0.1, 0.15) is 5.56 Å². The summed E-state index contributed by atoms with van der Waals surface area (Å²) in [6.07, 6.45) is 0. The van der Waals surface area contributed by atoms with Gasteiger partial charge in [0.2, 0.25) is 0 Å². The monoisotopic (exact) mass is 177 g/mol. The van der Waals surface area contributed by atoms with Crippen LogP contribution in [0.4, 0.5) is 0 Å². The smallest absolute Gasteiger partial charge is 0.422 e. The van der Waals surface area contributed by atoms with Crippen LogP contribution in [-0.2, 0) is 9.69 Å². The SMILES string of the molecule is COOB(O)c1ccc(C#N)cc1. The first-order chi connectivity index (χ1) is 6.27. The van der Waals surface area contributed by atoms with Gasteiger partial charge < -0.3 is 5.02 Å². The Hall–Kier alpha value is -1.35. The van der Waals surface area contributed by atoms with Crippen molar-refractivity contribution < 1.29 is 14.7 Å². The van der Waals surface area contributed by atoms with Gasteiger partial charge in [-0.1, -0.05) is 12.1 Å². The van der Waals surface area contributed by atoms with E-state index in [0.29, 0.717) is 11.0 Å². The van der Waals surface area contributed by atoms with Gasteiger partial charge in [-0.05, 0) is 17.6 Å². The molecule has 0 radical (unpaired) electrons. The number of hydrogen-bond donors (Lipinski definition) is 1. The minimum atomic E-state index is -1.11. The molecule has 0 aliphatic rings. The highest BCUT2D eigenvalue weighted by molar-refractivity contribution is 6.59. The zero-order valence-electron chi connectivity index (χ0n) is 7.10. The van der Waals surface area contributed by atoms with Crippen LogP contribution in [-0.4, -0.2) is 19.3 Å². The van der Waals surface area contributed by atoms with Crippen LogP contribution in [0.2, 0.25) is 0 Å². The minimum absolute atomic E-state index is 0.536. The van der Waals surface area contributed by atoms with Crippen LogP contribution in [0, 0.1) is 11.3 Å². The highest BCUT2D eigenvalue weighted by atomic mass is 17.2. The maximum Gasteiger partial charge on any atom is 0.522 e. The van der Waals surface area contributed by atoms with E-state index in [2.05, 4.69) is 9.69 Å². The molecule has 1 rings (SSSR count). The molecule has 0 bridgehead atoms. The average molecular weight is 177 g/mol. The molecule has 5 heteroatoms. The Balaban J connectivity index is 2.75. The van der Waals surface area contributed by atoms with Crippen molar-refractivity contribution in [2.75, 3.05) is 7.11 Å². The molecule has 1 aromatic carbocycles. The third-order valence-electron chi connectivity index (χ3n) is 1.51. The highest BCUT2D eigenvalue weighted by Crippen LogP contribution is 1.95. The van der Waals surface area contributed by atoms with E-state index in [1.807, 2.05) is 6.07 Å². The molecule has 4 nitrogen and oxygen atoms in total. The molecular formula is C8H8BNO3. The van der Waals surface area contributed by atoms with Gasteiger partial charge in [-0.25, -0.2) is 0 Å². The second-order valence-corrected chi connectivity index (χ2v) is 2.35. The summed E-state index contributed by atoms with van der Waals surface area (Å²) in [5.41, 5.74) is 1.08. The molecule has 1 N–H and O–H groups in total.